The SMILES string of the molecule is COc1ccc(CN2C(=O)C[C@H](O)[C@@]2(C)C(=O)Nc2ccccc2CC(OC)OC)cc1. The Labute approximate surface area is 188 Å². The van der Waals surface area contributed by atoms with E-state index in [0.717, 1.165) is 11.1 Å². The van der Waals surface area contributed by atoms with Crippen molar-refractivity contribution in [2.24, 2.45) is 0 Å². The summed E-state index contributed by atoms with van der Waals surface area (Å²) in [7, 11) is 4.68. The van der Waals surface area contributed by atoms with Gasteiger partial charge in [-0.2, -0.15) is 0 Å². The van der Waals surface area contributed by atoms with Crippen molar-refractivity contribution in [3.63, 3.8) is 0 Å². The number of carbonyl (C=O) groups excluding carboxylic acids is 2. The molecule has 2 atom stereocenters. The molecule has 1 saturated heterocycles. The van der Waals surface area contributed by atoms with Gasteiger partial charge in [-0.05, 0) is 36.2 Å². The summed E-state index contributed by atoms with van der Waals surface area (Å²) >= 11 is 0. The molecule has 8 nitrogen and oxygen atoms in total. The molecule has 0 saturated carbocycles. The molecule has 0 aromatic heterocycles. The van der Waals surface area contributed by atoms with Gasteiger partial charge in [0.25, 0.3) is 5.91 Å². The van der Waals surface area contributed by atoms with Gasteiger partial charge >= 0.3 is 0 Å². The van der Waals surface area contributed by atoms with E-state index >= 15 is 0 Å². The van der Waals surface area contributed by atoms with Crippen LogP contribution in [0.3, 0.4) is 0 Å². The van der Waals surface area contributed by atoms with E-state index in [0.29, 0.717) is 17.9 Å². The number of nitrogens with one attached hydrogen (secondary N) is 1. The lowest BCUT2D eigenvalue weighted by Crippen LogP contribution is -2.57. The first-order valence-corrected chi connectivity index (χ1v) is 10.4. The smallest absolute Gasteiger partial charge is 0.252 e. The lowest BCUT2D eigenvalue weighted by atomic mass is 9.93. The van der Waals surface area contributed by atoms with Crippen molar-refractivity contribution in [3.05, 3.63) is 59.7 Å². The maximum Gasteiger partial charge on any atom is 0.252 e. The molecule has 2 N–H and O–H groups in total. The van der Waals surface area contributed by atoms with Crippen molar-refractivity contribution in [3.8, 4) is 5.75 Å². The Hall–Kier alpha value is -2.94. The normalized spacial score (nSPS) is 20.6. The fraction of sp³-hybridized carbons (Fsp3) is 0.417. The van der Waals surface area contributed by atoms with E-state index in [-0.39, 0.29) is 18.9 Å². The number of likely N-dealkylation sites (tertiary alicyclic amines) is 1. The number of anilines is 1. The summed E-state index contributed by atoms with van der Waals surface area (Å²) in [6.07, 6.45) is -1.28. The van der Waals surface area contributed by atoms with Crippen molar-refractivity contribution in [1.82, 2.24) is 4.90 Å². The Morgan fingerprint density at radius 2 is 1.81 bits per heavy atom. The van der Waals surface area contributed by atoms with Crippen molar-refractivity contribution < 1.29 is 28.9 Å². The molecule has 1 fully saturated rings. The number of aliphatic hydroxyl groups is 1. The standard InChI is InChI=1S/C24H30N2O6/c1-24(23(29)25-19-8-6-5-7-17(19)13-22(31-3)32-4)20(27)14-21(28)26(24)15-16-9-11-18(30-2)12-10-16/h5-12,20,22,27H,13-15H2,1-4H3,(H,25,29)/t20-,24-/m0/s1. The summed E-state index contributed by atoms with van der Waals surface area (Å²) in [6, 6.07) is 14.6. The van der Waals surface area contributed by atoms with Crippen molar-refractivity contribution in [2.45, 2.75) is 44.2 Å². The first kappa shape index (κ1) is 23.7. The molecule has 0 bridgehead atoms. The van der Waals surface area contributed by atoms with Crippen LogP contribution in [0.1, 0.15) is 24.5 Å². The van der Waals surface area contributed by atoms with Gasteiger partial charge in [-0.3, -0.25) is 9.59 Å². The Morgan fingerprint density at radius 1 is 1.16 bits per heavy atom. The van der Waals surface area contributed by atoms with Crippen LogP contribution < -0.4 is 10.1 Å². The summed E-state index contributed by atoms with van der Waals surface area (Å²) in [5.74, 6) is -0.0367. The van der Waals surface area contributed by atoms with Crippen LogP contribution >= 0.6 is 0 Å². The predicted molar refractivity (Wildman–Crippen MR) is 119 cm³/mol. The molecule has 2 aromatic rings. The van der Waals surface area contributed by atoms with Crippen LogP contribution in [0.4, 0.5) is 5.69 Å². The number of hydrogen-bond donors (Lipinski definition) is 2. The number of carbonyl (C=O) groups is 2. The number of amides is 2. The molecular weight excluding hydrogens is 412 g/mol. The molecule has 0 unspecified atom stereocenters. The predicted octanol–water partition coefficient (Wildman–Crippen LogP) is 2.35. The van der Waals surface area contributed by atoms with E-state index in [1.807, 2.05) is 24.3 Å². The minimum absolute atomic E-state index is 0.114. The van der Waals surface area contributed by atoms with E-state index in [2.05, 4.69) is 5.32 Å². The third-order valence-electron chi connectivity index (χ3n) is 6.02. The van der Waals surface area contributed by atoms with Crippen LogP contribution in [0.2, 0.25) is 0 Å². The van der Waals surface area contributed by atoms with Crippen molar-refractivity contribution >= 4 is 17.5 Å². The fourth-order valence-corrected chi connectivity index (χ4v) is 3.86. The summed E-state index contributed by atoms with van der Waals surface area (Å²) in [5.41, 5.74) is 0.801. The average Bonchev–Trinajstić information content (AvgIpc) is 3.02. The van der Waals surface area contributed by atoms with Gasteiger partial charge in [-0.1, -0.05) is 30.3 Å². The minimum atomic E-state index is -1.42. The molecule has 3 rings (SSSR count). The second kappa shape index (κ2) is 10.1. The second-order valence-electron chi connectivity index (χ2n) is 7.91. The van der Waals surface area contributed by atoms with E-state index in [9.17, 15) is 14.7 Å². The van der Waals surface area contributed by atoms with Crippen molar-refractivity contribution in [1.29, 1.82) is 0 Å². The Morgan fingerprint density at radius 3 is 2.44 bits per heavy atom. The van der Waals surface area contributed by atoms with E-state index in [4.69, 9.17) is 14.2 Å². The highest BCUT2D eigenvalue weighted by molar-refractivity contribution is 6.03. The highest BCUT2D eigenvalue weighted by Crippen LogP contribution is 2.34. The van der Waals surface area contributed by atoms with Crippen LogP contribution in [-0.4, -0.2) is 61.1 Å². The number of hydrogen-bond acceptors (Lipinski definition) is 6. The Balaban J connectivity index is 1.84. The van der Waals surface area contributed by atoms with Gasteiger partial charge in [0.05, 0.1) is 19.6 Å². The molecule has 172 valence electrons. The van der Waals surface area contributed by atoms with Gasteiger partial charge in [-0.15, -0.1) is 0 Å². The highest BCUT2D eigenvalue weighted by atomic mass is 16.7. The van der Waals surface area contributed by atoms with E-state index < -0.39 is 23.8 Å². The quantitative estimate of drug-likeness (QED) is 0.579. The third-order valence-corrected chi connectivity index (χ3v) is 6.02. The van der Waals surface area contributed by atoms with E-state index in [1.165, 1.54) is 4.90 Å². The molecule has 1 aliphatic heterocycles. The van der Waals surface area contributed by atoms with Crippen LogP contribution in [0, 0.1) is 0 Å². The van der Waals surface area contributed by atoms with Gasteiger partial charge in [0.1, 0.15) is 11.3 Å². The molecule has 2 amide bonds. The monoisotopic (exact) mass is 442 g/mol. The largest absolute Gasteiger partial charge is 0.497 e. The molecule has 0 aliphatic carbocycles. The average molecular weight is 443 g/mol. The summed E-state index contributed by atoms with van der Waals surface area (Å²) in [4.78, 5) is 27.6. The van der Waals surface area contributed by atoms with Gasteiger partial charge in [0.2, 0.25) is 5.91 Å². The number of nitrogens with zero attached hydrogens (tertiary/aromatic N) is 1. The lowest BCUT2D eigenvalue weighted by molar-refractivity contribution is -0.140. The third kappa shape index (κ3) is 4.77. The molecule has 2 aromatic carbocycles. The molecule has 0 radical (unpaired) electrons. The maximum atomic E-state index is 13.4. The van der Waals surface area contributed by atoms with Crippen LogP contribution in [-0.2, 0) is 32.0 Å². The topological polar surface area (TPSA) is 97.3 Å². The van der Waals surface area contributed by atoms with Gasteiger partial charge in [0.15, 0.2) is 6.29 Å². The number of rotatable bonds is 9. The van der Waals surface area contributed by atoms with Gasteiger partial charge in [-0.25, -0.2) is 0 Å². The zero-order valence-corrected chi connectivity index (χ0v) is 18.8. The van der Waals surface area contributed by atoms with Crippen molar-refractivity contribution in [2.75, 3.05) is 26.6 Å². The number of ether oxygens (including phenoxy) is 3. The second-order valence-corrected chi connectivity index (χ2v) is 7.91. The first-order chi connectivity index (χ1) is 15.3. The summed E-state index contributed by atoms with van der Waals surface area (Å²) in [6.45, 7) is 1.79. The van der Waals surface area contributed by atoms with Crippen LogP contribution in [0.15, 0.2) is 48.5 Å². The molecule has 0 spiro atoms. The Bertz CT molecular complexity index is 944. The van der Waals surface area contributed by atoms with E-state index in [1.54, 1.807) is 52.5 Å². The summed E-state index contributed by atoms with van der Waals surface area (Å²) < 4.78 is 15.7. The molecular formula is C24H30N2O6. The van der Waals surface area contributed by atoms with Crippen LogP contribution in [0.5, 0.6) is 5.75 Å². The summed E-state index contributed by atoms with van der Waals surface area (Å²) in [5, 5.41) is 13.6. The minimum Gasteiger partial charge on any atom is -0.497 e. The highest BCUT2D eigenvalue weighted by Gasteiger charge is 2.54. The number of para-hydroxylation sites is 1. The fourth-order valence-electron chi connectivity index (χ4n) is 3.86. The molecule has 32 heavy (non-hydrogen) atoms. The molecule has 8 heteroatoms. The Kier molecular flexibility index (Phi) is 7.50. The molecule has 1 aliphatic rings. The van der Waals surface area contributed by atoms with Crippen LogP contribution in [0.25, 0.3) is 0 Å². The number of methoxy groups -OCH3 is 3. The molecule has 1 heterocycles. The number of benzene rings is 2. The zero-order chi connectivity index (χ0) is 23.3. The van der Waals surface area contributed by atoms with Gasteiger partial charge in [0, 0.05) is 32.9 Å². The number of aliphatic hydroxyl groups excluding tert-OH is 1. The van der Waals surface area contributed by atoms with Gasteiger partial charge < -0.3 is 29.5 Å². The maximum absolute atomic E-state index is 13.4. The first-order valence-electron chi connectivity index (χ1n) is 10.4. The zero-order valence-electron chi connectivity index (χ0n) is 18.8. The lowest BCUT2D eigenvalue weighted by Gasteiger charge is -2.36.